The number of aromatic nitrogens is 2. The average molecular weight is 392 g/mol. The Morgan fingerprint density at radius 1 is 0.929 bits per heavy atom. The van der Waals surface area contributed by atoms with E-state index in [2.05, 4.69) is 14.8 Å². The van der Waals surface area contributed by atoms with E-state index in [1.165, 1.54) is 6.42 Å². The lowest BCUT2D eigenvalue weighted by Gasteiger charge is -2.36. The van der Waals surface area contributed by atoms with Gasteiger partial charge in [0, 0.05) is 57.6 Å². The highest BCUT2D eigenvalue weighted by molar-refractivity contribution is 5.78. The number of carbonyl (C=O) groups is 1. The molecule has 1 amide bonds. The summed E-state index contributed by atoms with van der Waals surface area (Å²) < 4.78 is 1.58. The van der Waals surface area contributed by atoms with Gasteiger partial charge in [-0.15, -0.1) is 0 Å². The Bertz CT molecular complexity index is 758. The molecule has 0 aromatic carbocycles. The van der Waals surface area contributed by atoms with Gasteiger partial charge in [-0.25, -0.2) is 4.79 Å². The summed E-state index contributed by atoms with van der Waals surface area (Å²) in [7, 11) is 0. The van der Waals surface area contributed by atoms with Gasteiger partial charge in [-0.05, 0) is 45.6 Å². The van der Waals surface area contributed by atoms with Crippen molar-refractivity contribution in [2.75, 3.05) is 52.4 Å². The van der Waals surface area contributed by atoms with Crippen LogP contribution in [0.2, 0.25) is 0 Å². The summed E-state index contributed by atoms with van der Waals surface area (Å²) >= 11 is 0. The fourth-order valence-corrected chi connectivity index (χ4v) is 4.01. The summed E-state index contributed by atoms with van der Waals surface area (Å²) in [5.74, 6) is 0.287. The minimum atomic E-state index is -0.331. The zero-order valence-corrected chi connectivity index (χ0v) is 17.0. The SMILES string of the molecule is Cc1cn(CCCCN2CCN(CC(=O)N3CCCCC3)CC2)c(=O)[nH]c1=O. The predicted octanol–water partition coefficient (Wildman–Crippen LogP) is 0.255. The van der Waals surface area contributed by atoms with Gasteiger partial charge in [0.2, 0.25) is 5.91 Å². The van der Waals surface area contributed by atoms with Crippen LogP contribution in [0.4, 0.5) is 0 Å². The number of aryl methyl sites for hydroxylation is 2. The molecule has 8 heteroatoms. The van der Waals surface area contributed by atoms with Crippen LogP contribution in [0.3, 0.4) is 0 Å². The van der Waals surface area contributed by atoms with Crippen LogP contribution in [0.15, 0.2) is 15.8 Å². The second-order valence-electron chi connectivity index (χ2n) is 8.03. The lowest BCUT2D eigenvalue weighted by Crippen LogP contribution is -2.50. The molecule has 2 saturated heterocycles. The number of amides is 1. The smallest absolute Gasteiger partial charge is 0.328 e. The van der Waals surface area contributed by atoms with Crippen LogP contribution in [-0.4, -0.2) is 82.5 Å². The van der Waals surface area contributed by atoms with E-state index < -0.39 is 0 Å². The quantitative estimate of drug-likeness (QED) is 0.674. The van der Waals surface area contributed by atoms with Crippen molar-refractivity contribution in [3.8, 4) is 0 Å². The summed E-state index contributed by atoms with van der Waals surface area (Å²) in [5, 5.41) is 0. The lowest BCUT2D eigenvalue weighted by molar-refractivity contribution is -0.133. The largest absolute Gasteiger partial charge is 0.342 e. The molecule has 2 aliphatic heterocycles. The van der Waals surface area contributed by atoms with Gasteiger partial charge in [-0.3, -0.25) is 19.5 Å². The molecular weight excluding hydrogens is 358 g/mol. The first-order valence-electron chi connectivity index (χ1n) is 10.6. The molecule has 1 aromatic rings. The van der Waals surface area contributed by atoms with E-state index in [0.29, 0.717) is 18.7 Å². The Labute approximate surface area is 166 Å². The van der Waals surface area contributed by atoms with Gasteiger partial charge < -0.3 is 14.4 Å². The van der Waals surface area contributed by atoms with Crippen molar-refractivity contribution in [1.82, 2.24) is 24.3 Å². The monoisotopic (exact) mass is 391 g/mol. The molecule has 0 spiro atoms. The Morgan fingerprint density at radius 2 is 1.57 bits per heavy atom. The van der Waals surface area contributed by atoms with E-state index in [1.54, 1.807) is 17.7 Å². The third kappa shape index (κ3) is 5.78. The molecule has 0 aliphatic carbocycles. The highest BCUT2D eigenvalue weighted by Crippen LogP contribution is 2.10. The van der Waals surface area contributed by atoms with E-state index >= 15 is 0 Å². The first-order valence-corrected chi connectivity index (χ1v) is 10.6. The molecule has 8 nitrogen and oxygen atoms in total. The summed E-state index contributed by atoms with van der Waals surface area (Å²) in [6.07, 6.45) is 7.09. The molecule has 2 fully saturated rings. The van der Waals surface area contributed by atoms with Gasteiger partial charge in [0.15, 0.2) is 0 Å². The van der Waals surface area contributed by atoms with E-state index in [1.807, 2.05) is 4.90 Å². The Morgan fingerprint density at radius 3 is 2.29 bits per heavy atom. The summed E-state index contributed by atoms with van der Waals surface area (Å²) in [4.78, 5) is 44.7. The Hall–Kier alpha value is -1.93. The number of piperidine rings is 1. The summed E-state index contributed by atoms with van der Waals surface area (Å²) in [5.41, 5.74) is -0.0738. The second kappa shape index (κ2) is 10.0. The minimum absolute atomic E-state index is 0.287. The fourth-order valence-electron chi connectivity index (χ4n) is 4.01. The molecular formula is C20H33N5O3. The van der Waals surface area contributed by atoms with Crippen molar-refractivity contribution in [3.05, 3.63) is 32.6 Å². The second-order valence-corrected chi connectivity index (χ2v) is 8.03. The maximum absolute atomic E-state index is 12.4. The highest BCUT2D eigenvalue weighted by atomic mass is 16.2. The molecule has 0 radical (unpaired) electrons. The van der Waals surface area contributed by atoms with Crippen LogP contribution < -0.4 is 11.2 Å². The molecule has 156 valence electrons. The molecule has 28 heavy (non-hydrogen) atoms. The van der Waals surface area contributed by atoms with E-state index in [-0.39, 0.29) is 17.2 Å². The van der Waals surface area contributed by atoms with Gasteiger partial charge in [-0.2, -0.15) is 0 Å². The van der Waals surface area contributed by atoms with Crippen LogP contribution in [0, 0.1) is 6.92 Å². The maximum atomic E-state index is 12.4. The highest BCUT2D eigenvalue weighted by Gasteiger charge is 2.22. The van der Waals surface area contributed by atoms with Gasteiger partial charge in [0.05, 0.1) is 6.54 Å². The lowest BCUT2D eigenvalue weighted by atomic mass is 10.1. The van der Waals surface area contributed by atoms with Crippen molar-refractivity contribution < 1.29 is 4.79 Å². The van der Waals surface area contributed by atoms with Crippen molar-refractivity contribution in [2.45, 2.75) is 45.6 Å². The van der Waals surface area contributed by atoms with Crippen molar-refractivity contribution in [1.29, 1.82) is 0 Å². The first-order chi connectivity index (χ1) is 13.5. The molecule has 0 unspecified atom stereocenters. The van der Waals surface area contributed by atoms with E-state index in [4.69, 9.17) is 0 Å². The summed E-state index contributed by atoms with van der Waals surface area (Å²) in [6.45, 7) is 9.62. The van der Waals surface area contributed by atoms with Crippen LogP contribution in [0.25, 0.3) is 0 Å². The number of hydrogen-bond acceptors (Lipinski definition) is 5. The van der Waals surface area contributed by atoms with Crippen molar-refractivity contribution >= 4 is 5.91 Å². The van der Waals surface area contributed by atoms with Crippen LogP contribution >= 0.6 is 0 Å². The fraction of sp³-hybridized carbons (Fsp3) is 0.750. The van der Waals surface area contributed by atoms with Gasteiger partial charge in [0.1, 0.15) is 0 Å². The van der Waals surface area contributed by atoms with Crippen LogP contribution in [-0.2, 0) is 11.3 Å². The zero-order valence-electron chi connectivity index (χ0n) is 17.0. The molecule has 0 saturated carbocycles. The predicted molar refractivity (Wildman–Crippen MR) is 109 cm³/mol. The minimum Gasteiger partial charge on any atom is -0.342 e. The molecule has 1 aromatic heterocycles. The van der Waals surface area contributed by atoms with E-state index in [0.717, 1.165) is 71.5 Å². The molecule has 0 atom stereocenters. The van der Waals surface area contributed by atoms with Crippen LogP contribution in [0.1, 0.15) is 37.7 Å². The van der Waals surface area contributed by atoms with Gasteiger partial charge >= 0.3 is 5.69 Å². The van der Waals surface area contributed by atoms with Gasteiger partial charge in [-0.1, -0.05) is 0 Å². The Kier molecular flexibility index (Phi) is 7.44. The number of H-pyrrole nitrogens is 1. The topological polar surface area (TPSA) is 81.7 Å². The first kappa shape index (κ1) is 20.8. The zero-order chi connectivity index (χ0) is 19.9. The number of unbranched alkanes of at least 4 members (excludes halogenated alkanes) is 1. The number of hydrogen-bond donors (Lipinski definition) is 1. The number of piperazine rings is 1. The number of aromatic amines is 1. The standard InChI is InChI=1S/C20H33N5O3/c1-17-15-25(20(28)21-19(17)27)10-6-5-7-22-11-13-23(14-12-22)16-18(26)24-8-3-2-4-9-24/h15H,2-14,16H2,1H3,(H,21,27,28). The molecule has 0 bridgehead atoms. The van der Waals surface area contributed by atoms with Crippen molar-refractivity contribution in [3.63, 3.8) is 0 Å². The average Bonchev–Trinajstić information content (AvgIpc) is 2.70. The Balaban J connectivity index is 1.32. The van der Waals surface area contributed by atoms with Gasteiger partial charge in [0.25, 0.3) is 5.56 Å². The molecule has 1 N–H and O–H groups in total. The number of rotatable bonds is 7. The normalized spacial score (nSPS) is 19.1. The molecule has 2 aliphatic rings. The number of nitrogens with zero attached hydrogens (tertiary/aromatic N) is 4. The maximum Gasteiger partial charge on any atom is 0.328 e. The third-order valence-electron chi connectivity index (χ3n) is 5.84. The van der Waals surface area contributed by atoms with E-state index in [9.17, 15) is 14.4 Å². The molecule has 3 rings (SSSR count). The number of nitrogens with one attached hydrogen (secondary N) is 1. The van der Waals surface area contributed by atoms with Crippen molar-refractivity contribution in [2.24, 2.45) is 0 Å². The van der Waals surface area contributed by atoms with Crippen LogP contribution in [0.5, 0.6) is 0 Å². The third-order valence-corrected chi connectivity index (χ3v) is 5.84. The number of likely N-dealkylation sites (tertiary alicyclic amines) is 1. The summed E-state index contributed by atoms with van der Waals surface area (Å²) in [6, 6.07) is 0. The number of carbonyl (C=O) groups excluding carboxylic acids is 1. The molecule has 3 heterocycles.